The number of carbonyl (C=O) groups excluding carboxylic acids is 1. The minimum absolute atomic E-state index is 0.153. The Labute approximate surface area is 71.8 Å². The maximum Gasteiger partial charge on any atom is 0.333 e. The fourth-order valence-electron chi connectivity index (χ4n) is 0.511. The van der Waals surface area contributed by atoms with E-state index in [1.165, 1.54) is 6.92 Å². The molecule has 0 amide bonds. The molecule has 4 heteroatoms. The highest BCUT2D eigenvalue weighted by Crippen LogP contribution is 1.94. The van der Waals surface area contributed by atoms with Crippen molar-refractivity contribution < 1.29 is 19.4 Å². The summed E-state index contributed by atoms with van der Waals surface area (Å²) in [6.07, 6.45) is -1.04. The third-order valence-corrected chi connectivity index (χ3v) is 1.06. The van der Waals surface area contributed by atoms with Crippen molar-refractivity contribution in [3.8, 4) is 0 Å². The average molecular weight is 174 g/mol. The molecule has 0 fully saturated rings. The second kappa shape index (κ2) is 5.74. The lowest BCUT2D eigenvalue weighted by atomic mass is 10.4. The van der Waals surface area contributed by atoms with Crippen LogP contribution in [0.4, 0.5) is 0 Å². The van der Waals surface area contributed by atoms with Crippen molar-refractivity contribution in [3.05, 3.63) is 12.2 Å². The van der Waals surface area contributed by atoms with Crippen LogP contribution in [0.2, 0.25) is 0 Å². The fourth-order valence-corrected chi connectivity index (χ4v) is 0.511. The van der Waals surface area contributed by atoms with E-state index in [0.717, 1.165) is 0 Å². The Morgan fingerprint density at radius 2 is 2.25 bits per heavy atom. The van der Waals surface area contributed by atoms with Crippen LogP contribution in [0.1, 0.15) is 13.8 Å². The summed E-state index contributed by atoms with van der Waals surface area (Å²) in [5, 5.41) is 8.95. The van der Waals surface area contributed by atoms with Gasteiger partial charge in [0.1, 0.15) is 6.61 Å². The van der Waals surface area contributed by atoms with Crippen molar-refractivity contribution in [2.75, 3.05) is 13.2 Å². The zero-order valence-electron chi connectivity index (χ0n) is 7.37. The van der Waals surface area contributed by atoms with E-state index in [9.17, 15) is 4.79 Å². The molecule has 0 heterocycles. The van der Waals surface area contributed by atoms with Crippen molar-refractivity contribution in [3.63, 3.8) is 0 Å². The lowest BCUT2D eigenvalue weighted by Gasteiger charge is -2.10. The molecule has 0 bridgehead atoms. The van der Waals surface area contributed by atoms with E-state index in [1.807, 2.05) is 0 Å². The SMILES string of the molecule is C=C(C)C(=O)OCC(O)OCC. The van der Waals surface area contributed by atoms with Crippen LogP contribution >= 0.6 is 0 Å². The normalized spacial score (nSPS) is 12.2. The van der Waals surface area contributed by atoms with Gasteiger partial charge in [-0.05, 0) is 13.8 Å². The number of aliphatic hydroxyl groups excluding tert-OH is 1. The number of esters is 1. The van der Waals surface area contributed by atoms with Gasteiger partial charge in [0.05, 0.1) is 0 Å². The van der Waals surface area contributed by atoms with Crippen LogP contribution in [0.15, 0.2) is 12.2 Å². The number of ether oxygens (including phenoxy) is 2. The lowest BCUT2D eigenvalue weighted by molar-refractivity contribution is -0.161. The lowest BCUT2D eigenvalue weighted by Crippen LogP contribution is -2.21. The van der Waals surface area contributed by atoms with E-state index in [2.05, 4.69) is 11.3 Å². The minimum Gasteiger partial charge on any atom is -0.457 e. The molecule has 0 radical (unpaired) electrons. The van der Waals surface area contributed by atoms with Gasteiger partial charge in [-0.2, -0.15) is 0 Å². The zero-order valence-corrected chi connectivity index (χ0v) is 7.37. The smallest absolute Gasteiger partial charge is 0.333 e. The molecule has 12 heavy (non-hydrogen) atoms. The third kappa shape index (κ3) is 4.87. The molecular weight excluding hydrogens is 160 g/mol. The molecule has 1 unspecified atom stereocenters. The van der Waals surface area contributed by atoms with Crippen LogP contribution in [-0.4, -0.2) is 30.6 Å². The van der Waals surface area contributed by atoms with Crippen LogP contribution in [-0.2, 0) is 14.3 Å². The van der Waals surface area contributed by atoms with Crippen LogP contribution in [0.5, 0.6) is 0 Å². The van der Waals surface area contributed by atoms with E-state index in [4.69, 9.17) is 9.84 Å². The summed E-state index contributed by atoms with van der Waals surface area (Å²) in [5.74, 6) is -0.520. The zero-order chi connectivity index (χ0) is 9.56. The molecule has 0 aliphatic rings. The number of carbonyl (C=O) groups is 1. The first-order valence-electron chi connectivity index (χ1n) is 3.70. The van der Waals surface area contributed by atoms with Gasteiger partial charge < -0.3 is 14.6 Å². The first-order valence-corrected chi connectivity index (χ1v) is 3.70. The molecular formula is C8H14O4. The Hall–Kier alpha value is -0.870. The predicted octanol–water partition coefficient (Wildman–Crippen LogP) is 0.461. The summed E-state index contributed by atoms with van der Waals surface area (Å²) in [5.41, 5.74) is 0.304. The molecule has 0 rings (SSSR count). The van der Waals surface area contributed by atoms with Gasteiger partial charge in [0.2, 0.25) is 0 Å². The third-order valence-electron chi connectivity index (χ3n) is 1.06. The van der Waals surface area contributed by atoms with Gasteiger partial charge in [-0.3, -0.25) is 0 Å². The van der Waals surface area contributed by atoms with Crippen LogP contribution < -0.4 is 0 Å². The van der Waals surface area contributed by atoms with Gasteiger partial charge in [-0.1, -0.05) is 6.58 Å². The Morgan fingerprint density at radius 1 is 1.67 bits per heavy atom. The average Bonchev–Trinajstić information content (AvgIpc) is 2.00. The molecule has 0 saturated heterocycles. The molecule has 70 valence electrons. The van der Waals surface area contributed by atoms with Crippen LogP contribution in [0.3, 0.4) is 0 Å². The largest absolute Gasteiger partial charge is 0.457 e. The fraction of sp³-hybridized carbons (Fsp3) is 0.625. The van der Waals surface area contributed by atoms with Crippen molar-refractivity contribution in [1.29, 1.82) is 0 Å². The maximum atomic E-state index is 10.8. The summed E-state index contributed by atoms with van der Waals surface area (Å²) in [7, 11) is 0. The molecule has 0 aromatic rings. The summed E-state index contributed by atoms with van der Waals surface area (Å²) >= 11 is 0. The van der Waals surface area contributed by atoms with Crippen LogP contribution in [0.25, 0.3) is 0 Å². The number of aliphatic hydroxyl groups is 1. The monoisotopic (exact) mass is 174 g/mol. The van der Waals surface area contributed by atoms with Gasteiger partial charge in [0.25, 0.3) is 0 Å². The molecule has 0 aliphatic heterocycles. The van der Waals surface area contributed by atoms with Gasteiger partial charge in [0.15, 0.2) is 6.29 Å². The standard InChI is InChI=1S/C8H14O4/c1-4-11-7(9)5-12-8(10)6(2)3/h7,9H,2,4-5H2,1,3H3. The van der Waals surface area contributed by atoms with Crippen LogP contribution in [0, 0.1) is 0 Å². The van der Waals surface area contributed by atoms with Gasteiger partial charge >= 0.3 is 5.97 Å². The number of rotatable bonds is 5. The Bertz CT molecular complexity index is 164. The molecule has 1 atom stereocenters. The topological polar surface area (TPSA) is 55.8 Å². The van der Waals surface area contributed by atoms with E-state index < -0.39 is 12.3 Å². The molecule has 0 aromatic carbocycles. The minimum atomic E-state index is -1.04. The van der Waals surface area contributed by atoms with E-state index in [1.54, 1.807) is 6.92 Å². The van der Waals surface area contributed by atoms with Crippen molar-refractivity contribution in [2.45, 2.75) is 20.1 Å². The summed E-state index contributed by atoms with van der Waals surface area (Å²) in [4.78, 5) is 10.8. The molecule has 0 aliphatic carbocycles. The molecule has 0 saturated carbocycles. The Balaban J connectivity index is 3.54. The Kier molecular flexibility index (Phi) is 5.32. The Morgan fingerprint density at radius 3 is 2.67 bits per heavy atom. The first-order chi connectivity index (χ1) is 5.57. The molecule has 4 nitrogen and oxygen atoms in total. The van der Waals surface area contributed by atoms with Crippen molar-refractivity contribution >= 4 is 5.97 Å². The second-order valence-corrected chi connectivity index (χ2v) is 2.29. The molecule has 0 spiro atoms. The summed E-state index contributed by atoms with van der Waals surface area (Å²) in [6, 6.07) is 0. The quantitative estimate of drug-likeness (QED) is 0.374. The summed E-state index contributed by atoms with van der Waals surface area (Å²) in [6.45, 7) is 6.89. The molecule has 0 aromatic heterocycles. The highest BCUT2D eigenvalue weighted by atomic mass is 16.6. The van der Waals surface area contributed by atoms with Crippen molar-refractivity contribution in [1.82, 2.24) is 0 Å². The highest BCUT2D eigenvalue weighted by molar-refractivity contribution is 5.86. The summed E-state index contributed by atoms with van der Waals surface area (Å²) < 4.78 is 9.32. The molecule has 1 N–H and O–H groups in total. The van der Waals surface area contributed by atoms with E-state index in [0.29, 0.717) is 12.2 Å². The number of hydrogen-bond acceptors (Lipinski definition) is 4. The van der Waals surface area contributed by atoms with E-state index >= 15 is 0 Å². The van der Waals surface area contributed by atoms with Gasteiger partial charge in [-0.15, -0.1) is 0 Å². The highest BCUT2D eigenvalue weighted by Gasteiger charge is 2.07. The number of hydrogen-bond donors (Lipinski definition) is 1. The van der Waals surface area contributed by atoms with Gasteiger partial charge in [-0.25, -0.2) is 4.79 Å². The second-order valence-electron chi connectivity index (χ2n) is 2.29. The first kappa shape index (κ1) is 11.1. The van der Waals surface area contributed by atoms with Gasteiger partial charge in [0, 0.05) is 12.2 Å². The maximum absolute atomic E-state index is 10.8. The predicted molar refractivity (Wildman–Crippen MR) is 43.4 cm³/mol. The van der Waals surface area contributed by atoms with E-state index in [-0.39, 0.29) is 6.61 Å². The van der Waals surface area contributed by atoms with Crippen molar-refractivity contribution in [2.24, 2.45) is 0 Å².